The first-order valence-corrected chi connectivity index (χ1v) is 15.9. The summed E-state index contributed by atoms with van der Waals surface area (Å²) >= 11 is 19.1. The Labute approximate surface area is 259 Å². The van der Waals surface area contributed by atoms with Crippen LogP contribution in [0.4, 0.5) is 0 Å². The fraction of sp³-hybridized carbons (Fsp3) is 0.273. The second kappa shape index (κ2) is 12.1. The first kappa shape index (κ1) is 32.0. The molecule has 4 aromatic carbocycles. The van der Waals surface area contributed by atoms with Crippen LogP contribution >= 0.6 is 42.1 Å². The summed E-state index contributed by atoms with van der Waals surface area (Å²) in [5.41, 5.74) is 2.66. The van der Waals surface area contributed by atoms with Crippen molar-refractivity contribution in [2.24, 2.45) is 0 Å². The van der Waals surface area contributed by atoms with Crippen molar-refractivity contribution in [2.75, 3.05) is 0 Å². The Morgan fingerprint density at radius 3 is 1.10 bits per heavy atom. The van der Waals surface area contributed by atoms with E-state index in [9.17, 15) is 5.11 Å². The zero-order chi connectivity index (χ0) is 27.9. The van der Waals surface area contributed by atoms with Gasteiger partial charge in [0.15, 0.2) is 0 Å². The van der Waals surface area contributed by atoms with Gasteiger partial charge in [-0.2, -0.15) is 0 Å². The number of rotatable bonds is 5. The van der Waals surface area contributed by atoms with Crippen molar-refractivity contribution in [3.63, 3.8) is 0 Å². The van der Waals surface area contributed by atoms with E-state index in [4.69, 9.17) is 34.8 Å². The molecule has 0 amide bonds. The molecule has 4 aromatic rings. The third-order valence-corrected chi connectivity index (χ3v) is 12.1. The van der Waals surface area contributed by atoms with E-state index in [1.54, 1.807) is 0 Å². The van der Waals surface area contributed by atoms with Gasteiger partial charge in [0.25, 0.3) is 0 Å². The quantitative estimate of drug-likeness (QED) is 0.244. The number of phenolic OH excluding ortho intramolecular Hbond substituents is 1. The minimum atomic E-state index is -2.25. The highest BCUT2D eigenvalue weighted by Gasteiger charge is 2.46. The number of aromatic hydroxyl groups is 1. The van der Waals surface area contributed by atoms with Crippen molar-refractivity contribution in [3.05, 3.63) is 117 Å². The maximum atomic E-state index is 11.4. The summed E-state index contributed by atoms with van der Waals surface area (Å²) in [6.45, 7) is 12.9. The largest absolute Gasteiger partial charge is 1.00 e. The van der Waals surface area contributed by atoms with Crippen LogP contribution in [0.15, 0.2) is 84.9 Å². The third kappa shape index (κ3) is 6.86. The van der Waals surface area contributed by atoms with Crippen LogP contribution in [0.3, 0.4) is 0 Å². The number of benzene rings is 4. The monoisotopic (exact) mass is 662 g/mol. The van der Waals surface area contributed by atoms with Crippen LogP contribution in [0.1, 0.15) is 58.2 Å². The minimum Gasteiger partial charge on any atom is -1.00 e. The van der Waals surface area contributed by atoms with Crippen LogP contribution in [0.5, 0.6) is 5.75 Å². The highest BCUT2D eigenvalue weighted by Crippen LogP contribution is 2.59. The Kier molecular flexibility index (Phi) is 9.95. The summed E-state index contributed by atoms with van der Waals surface area (Å²) in [5.74, 6) is 0.391. The van der Waals surface area contributed by atoms with E-state index in [0.29, 0.717) is 20.8 Å². The van der Waals surface area contributed by atoms with E-state index in [0.717, 1.165) is 17.3 Å². The highest BCUT2D eigenvalue weighted by atomic mass is 79.9. The Morgan fingerprint density at radius 2 is 0.846 bits per heavy atom. The molecule has 0 aliphatic carbocycles. The molecule has 0 aliphatic heterocycles. The molecule has 39 heavy (non-hydrogen) atoms. The second-order valence-electron chi connectivity index (χ2n) is 11.9. The summed E-state index contributed by atoms with van der Waals surface area (Å²) in [6, 6.07) is 29.1. The Balaban J connectivity index is 0.00000420. The van der Waals surface area contributed by atoms with Gasteiger partial charge in [0.05, 0.1) is 6.16 Å². The molecule has 0 saturated heterocycles. The normalized spacial score (nSPS) is 12.2. The number of halogens is 4. The van der Waals surface area contributed by atoms with Gasteiger partial charge in [-0.3, -0.25) is 0 Å². The maximum Gasteiger partial charge on any atom is 0.123 e. The topological polar surface area (TPSA) is 20.2 Å². The van der Waals surface area contributed by atoms with Crippen LogP contribution in [-0.4, -0.2) is 5.11 Å². The summed E-state index contributed by atoms with van der Waals surface area (Å²) in [4.78, 5) is 0. The van der Waals surface area contributed by atoms with E-state index in [-0.39, 0.29) is 27.8 Å². The molecule has 0 spiro atoms. The zero-order valence-electron chi connectivity index (χ0n) is 23.2. The minimum absolute atomic E-state index is 0. The lowest BCUT2D eigenvalue weighted by atomic mass is 9.78. The fourth-order valence-corrected chi connectivity index (χ4v) is 9.54. The molecule has 6 heteroatoms. The first-order valence-electron chi connectivity index (χ1n) is 12.7. The summed E-state index contributed by atoms with van der Waals surface area (Å²) in [7, 11) is -2.25. The van der Waals surface area contributed by atoms with Crippen LogP contribution < -0.4 is 32.9 Å². The SMILES string of the molecule is CC(C)(C)c1cc(C[P+](c2ccc(Cl)cc2)(c2ccc(Cl)cc2)c2ccc(Cl)cc2)cc(C(C)(C)C)c1O.[Br-]. The summed E-state index contributed by atoms with van der Waals surface area (Å²) < 4.78 is 0. The average molecular weight is 665 g/mol. The lowest BCUT2D eigenvalue weighted by Gasteiger charge is -2.31. The molecule has 0 aliphatic rings. The lowest BCUT2D eigenvalue weighted by Crippen LogP contribution is -3.00. The van der Waals surface area contributed by atoms with E-state index in [2.05, 4.69) is 90.1 Å². The van der Waals surface area contributed by atoms with Gasteiger partial charge in [-0.25, -0.2) is 0 Å². The lowest BCUT2D eigenvalue weighted by molar-refractivity contribution is -0.00000941. The fourth-order valence-electron chi connectivity index (χ4n) is 5.01. The maximum absolute atomic E-state index is 11.4. The summed E-state index contributed by atoms with van der Waals surface area (Å²) in [5, 5.41) is 17.1. The van der Waals surface area contributed by atoms with E-state index in [1.165, 1.54) is 21.5 Å². The molecule has 0 fully saturated rings. The molecule has 0 aromatic heterocycles. The predicted octanol–water partition coefficient (Wildman–Crippen LogP) is 6.45. The first-order chi connectivity index (χ1) is 17.7. The zero-order valence-corrected chi connectivity index (χ0v) is 27.9. The molecular weight excluding hydrogens is 630 g/mol. The molecule has 206 valence electrons. The van der Waals surface area contributed by atoms with Crippen molar-refractivity contribution < 1.29 is 22.1 Å². The molecule has 1 nitrogen and oxygen atoms in total. The number of hydrogen-bond donors (Lipinski definition) is 1. The van der Waals surface area contributed by atoms with Crippen LogP contribution in [-0.2, 0) is 17.0 Å². The van der Waals surface area contributed by atoms with Crippen molar-refractivity contribution in [2.45, 2.75) is 58.5 Å². The van der Waals surface area contributed by atoms with Gasteiger partial charge in [0.2, 0.25) is 0 Å². The van der Waals surface area contributed by atoms with Crippen LogP contribution in [0.25, 0.3) is 0 Å². The van der Waals surface area contributed by atoms with Gasteiger partial charge in [-0.1, -0.05) is 76.3 Å². The summed E-state index contributed by atoms with van der Waals surface area (Å²) in [6.07, 6.45) is 0.768. The van der Waals surface area contributed by atoms with Gasteiger partial charge in [-0.05, 0) is 112 Å². The van der Waals surface area contributed by atoms with Crippen LogP contribution in [0.2, 0.25) is 15.1 Å². The molecule has 0 unspecified atom stereocenters. The molecule has 4 rings (SSSR count). The van der Waals surface area contributed by atoms with Gasteiger partial charge < -0.3 is 22.1 Å². The Hall–Kier alpha value is -1.54. The highest BCUT2D eigenvalue weighted by molar-refractivity contribution is 7.95. The van der Waals surface area contributed by atoms with Crippen LogP contribution in [0, 0.1) is 0 Å². The molecular formula is C33H35BrCl3OP. The van der Waals surface area contributed by atoms with Crippen molar-refractivity contribution in [1.82, 2.24) is 0 Å². The number of phenols is 1. The van der Waals surface area contributed by atoms with E-state index in [1.807, 2.05) is 36.4 Å². The molecule has 0 saturated carbocycles. The third-order valence-electron chi connectivity index (χ3n) is 7.01. The standard InChI is InChI=1S/C33H34Cl3OP.BrH/c1-32(2,3)29-19-22(20-30(31(29)37)33(4,5)6)21-38(26-13-7-23(34)8-14-26,27-15-9-24(35)10-16-27)28-17-11-25(36)12-18-28;/h7-20H,21H2,1-6H3;1H. The molecule has 0 heterocycles. The van der Waals surface area contributed by atoms with Crippen molar-refractivity contribution >= 4 is 58.0 Å². The van der Waals surface area contributed by atoms with Crippen molar-refractivity contribution in [1.29, 1.82) is 0 Å². The van der Waals surface area contributed by atoms with Gasteiger partial charge in [0, 0.05) is 15.1 Å². The molecule has 1 N–H and O–H groups in total. The second-order valence-corrected chi connectivity index (χ2v) is 16.7. The number of hydrogen-bond acceptors (Lipinski definition) is 1. The van der Waals surface area contributed by atoms with E-state index < -0.39 is 7.26 Å². The Bertz CT molecular complexity index is 1270. The average Bonchev–Trinajstić information content (AvgIpc) is 2.84. The van der Waals surface area contributed by atoms with Gasteiger partial charge in [-0.15, -0.1) is 0 Å². The van der Waals surface area contributed by atoms with Gasteiger partial charge in [0.1, 0.15) is 28.9 Å². The molecule has 0 radical (unpaired) electrons. The van der Waals surface area contributed by atoms with Crippen molar-refractivity contribution in [3.8, 4) is 5.75 Å². The van der Waals surface area contributed by atoms with Gasteiger partial charge >= 0.3 is 0 Å². The smallest absolute Gasteiger partial charge is 0.123 e. The molecule has 0 bridgehead atoms. The Morgan fingerprint density at radius 1 is 0.564 bits per heavy atom. The molecule has 0 atom stereocenters. The predicted molar refractivity (Wildman–Crippen MR) is 169 cm³/mol. The van der Waals surface area contributed by atoms with E-state index >= 15 is 0 Å².